The first-order valence-electron chi connectivity index (χ1n) is 9.84. The van der Waals surface area contributed by atoms with Crippen molar-refractivity contribution < 1.29 is 0 Å². The molecular formula is C26H29N. The molecular weight excluding hydrogens is 326 g/mol. The first-order chi connectivity index (χ1) is 13.1. The van der Waals surface area contributed by atoms with Gasteiger partial charge in [0.05, 0.1) is 5.69 Å². The maximum atomic E-state index is 5.08. The summed E-state index contributed by atoms with van der Waals surface area (Å²) in [4.78, 5) is 5.08. The lowest BCUT2D eigenvalue weighted by atomic mass is 9.91. The van der Waals surface area contributed by atoms with Gasteiger partial charge < -0.3 is 0 Å². The van der Waals surface area contributed by atoms with Gasteiger partial charge in [-0.15, -0.1) is 0 Å². The molecule has 1 heteroatoms. The van der Waals surface area contributed by atoms with Gasteiger partial charge in [-0.05, 0) is 34.1 Å². The molecule has 0 aliphatic carbocycles. The number of hydrogen-bond acceptors (Lipinski definition) is 1. The zero-order chi connectivity index (χ0) is 19.2. The molecule has 0 aliphatic heterocycles. The van der Waals surface area contributed by atoms with Gasteiger partial charge in [0.1, 0.15) is 0 Å². The van der Waals surface area contributed by atoms with Crippen LogP contribution in [0.15, 0.2) is 83.9 Å². The van der Waals surface area contributed by atoms with Crippen LogP contribution in [0.1, 0.15) is 67.7 Å². The third-order valence-electron chi connectivity index (χ3n) is 5.01. The standard InChI is InChI=1S/C26H29N/c1-19(2)23-16-11-17-24(20(3)4)26(23)27-18-25(21-12-7-5-8-13-21)22-14-9-6-10-15-22/h5-20,25H,1-4H3/b27-18+. The lowest BCUT2D eigenvalue weighted by Gasteiger charge is -2.18. The number of benzene rings is 3. The van der Waals surface area contributed by atoms with Crippen LogP contribution in [0.4, 0.5) is 5.69 Å². The second-order valence-corrected chi connectivity index (χ2v) is 7.67. The summed E-state index contributed by atoms with van der Waals surface area (Å²) in [7, 11) is 0. The molecule has 3 aromatic carbocycles. The van der Waals surface area contributed by atoms with Crippen LogP contribution < -0.4 is 0 Å². The van der Waals surface area contributed by atoms with Gasteiger partial charge in [-0.1, -0.05) is 107 Å². The number of rotatable bonds is 6. The topological polar surface area (TPSA) is 12.4 Å². The van der Waals surface area contributed by atoms with Crippen molar-refractivity contribution in [1.82, 2.24) is 0 Å². The molecule has 0 N–H and O–H groups in total. The molecule has 1 nitrogen and oxygen atoms in total. The van der Waals surface area contributed by atoms with Crippen LogP contribution >= 0.6 is 0 Å². The van der Waals surface area contributed by atoms with Gasteiger partial charge in [0, 0.05) is 12.1 Å². The van der Waals surface area contributed by atoms with Crippen LogP contribution in [0.3, 0.4) is 0 Å². The Labute approximate surface area is 163 Å². The van der Waals surface area contributed by atoms with E-state index in [1.54, 1.807) is 0 Å². The molecule has 0 saturated heterocycles. The van der Waals surface area contributed by atoms with Crippen molar-refractivity contribution in [2.75, 3.05) is 0 Å². The van der Waals surface area contributed by atoms with Gasteiger partial charge in [0.25, 0.3) is 0 Å². The summed E-state index contributed by atoms with van der Waals surface area (Å²) >= 11 is 0. The van der Waals surface area contributed by atoms with Gasteiger partial charge in [0.15, 0.2) is 0 Å². The van der Waals surface area contributed by atoms with Crippen LogP contribution in [-0.4, -0.2) is 6.21 Å². The zero-order valence-corrected chi connectivity index (χ0v) is 16.8. The van der Waals surface area contributed by atoms with E-state index in [1.807, 2.05) is 0 Å². The smallest absolute Gasteiger partial charge is 0.0695 e. The average molecular weight is 356 g/mol. The van der Waals surface area contributed by atoms with Crippen molar-refractivity contribution in [2.45, 2.75) is 45.4 Å². The Morgan fingerprint density at radius 3 is 1.44 bits per heavy atom. The number of para-hydroxylation sites is 1. The summed E-state index contributed by atoms with van der Waals surface area (Å²) in [6.07, 6.45) is 2.12. The summed E-state index contributed by atoms with van der Waals surface area (Å²) < 4.78 is 0. The van der Waals surface area contributed by atoms with Crippen molar-refractivity contribution in [3.05, 3.63) is 101 Å². The van der Waals surface area contributed by atoms with Crippen LogP contribution in [0.2, 0.25) is 0 Å². The Morgan fingerprint density at radius 2 is 1.04 bits per heavy atom. The Bertz CT molecular complexity index is 811. The highest BCUT2D eigenvalue weighted by Gasteiger charge is 2.15. The second-order valence-electron chi connectivity index (χ2n) is 7.67. The monoisotopic (exact) mass is 355 g/mol. The van der Waals surface area contributed by atoms with Crippen molar-refractivity contribution >= 4 is 11.9 Å². The predicted octanol–water partition coefficient (Wildman–Crippen LogP) is 7.47. The molecule has 0 aromatic heterocycles. The highest BCUT2D eigenvalue weighted by molar-refractivity contribution is 5.77. The maximum Gasteiger partial charge on any atom is 0.0695 e. The molecule has 138 valence electrons. The first kappa shape index (κ1) is 19.1. The zero-order valence-electron chi connectivity index (χ0n) is 16.8. The van der Waals surface area contributed by atoms with Gasteiger partial charge >= 0.3 is 0 Å². The van der Waals surface area contributed by atoms with E-state index >= 15 is 0 Å². The van der Waals surface area contributed by atoms with E-state index in [4.69, 9.17) is 4.99 Å². The quantitative estimate of drug-likeness (QED) is 0.407. The van der Waals surface area contributed by atoms with Crippen molar-refractivity contribution in [1.29, 1.82) is 0 Å². The number of hydrogen-bond donors (Lipinski definition) is 0. The first-order valence-corrected chi connectivity index (χ1v) is 9.84. The molecule has 3 aromatic rings. The third-order valence-corrected chi connectivity index (χ3v) is 5.01. The van der Waals surface area contributed by atoms with E-state index in [-0.39, 0.29) is 5.92 Å². The molecule has 0 aliphatic rings. The molecule has 0 bridgehead atoms. The van der Waals surface area contributed by atoms with E-state index in [1.165, 1.54) is 22.3 Å². The van der Waals surface area contributed by atoms with Gasteiger partial charge in [-0.3, -0.25) is 4.99 Å². The fourth-order valence-corrected chi connectivity index (χ4v) is 3.50. The summed E-state index contributed by atoms with van der Waals surface area (Å²) in [6, 6.07) is 27.8. The van der Waals surface area contributed by atoms with E-state index in [0.29, 0.717) is 11.8 Å². The SMILES string of the molecule is CC(C)c1cccc(C(C)C)c1/N=C/C(c1ccccc1)c1ccccc1. The summed E-state index contributed by atoms with van der Waals surface area (Å²) in [6.45, 7) is 8.96. The number of aliphatic imine (C=N–C) groups is 1. The van der Waals surface area contributed by atoms with E-state index in [9.17, 15) is 0 Å². The van der Waals surface area contributed by atoms with E-state index < -0.39 is 0 Å². The molecule has 0 amide bonds. The van der Waals surface area contributed by atoms with Crippen molar-refractivity contribution in [3.8, 4) is 0 Å². The summed E-state index contributed by atoms with van der Waals surface area (Å²) in [5.74, 6) is 1.04. The Morgan fingerprint density at radius 1 is 0.593 bits per heavy atom. The lowest BCUT2D eigenvalue weighted by molar-refractivity contribution is 0.834. The predicted molar refractivity (Wildman–Crippen MR) is 117 cm³/mol. The average Bonchev–Trinajstić information content (AvgIpc) is 2.69. The normalized spacial score (nSPS) is 11.8. The second kappa shape index (κ2) is 8.81. The van der Waals surface area contributed by atoms with Gasteiger partial charge in [-0.25, -0.2) is 0 Å². The highest BCUT2D eigenvalue weighted by atomic mass is 14.7. The van der Waals surface area contributed by atoms with Crippen LogP contribution in [-0.2, 0) is 0 Å². The highest BCUT2D eigenvalue weighted by Crippen LogP contribution is 2.35. The minimum Gasteiger partial charge on any atom is -0.260 e. The molecule has 0 saturated carbocycles. The molecule has 0 radical (unpaired) electrons. The Balaban J connectivity index is 2.08. The number of nitrogens with zero attached hydrogens (tertiary/aromatic N) is 1. The molecule has 0 unspecified atom stereocenters. The van der Waals surface area contributed by atoms with E-state index in [0.717, 1.165) is 5.69 Å². The van der Waals surface area contributed by atoms with Gasteiger partial charge in [0.2, 0.25) is 0 Å². The maximum absolute atomic E-state index is 5.08. The molecule has 0 atom stereocenters. The van der Waals surface area contributed by atoms with Crippen LogP contribution in [0.25, 0.3) is 0 Å². The summed E-state index contributed by atoms with van der Waals surface area (Å²) in [5.41, 5.74) is 6.30. The van der Waals surface area contributed by atoms with Crippen molar-refractivity contribution in [3.63, 3.8) is 0 Å². The fraction of sp³-hybridized carbons (Fsp3) is 0.269. The molecule has 27 heavy (non-hydrogen) atoms. The lowest BCUT2D eigenvalue weighted by Crippen LogP contribution is -2.03. The third kappa shape index (κ3) is 4.54. The fourth-order valence-electron chi connectivity index (χ4n) is 3.50. The largest absolute Gasteiger partial charge is 0.260 e. The van der Waals surface area contributed by atoms with Crippen LogP contribution in [0.5, 0.6) is 0 Å². The molecule has 0 spiro atoms. The Hall–Kier alpha value is -2.67. The molecule has 0 heterocycles. The molecule has 3 rings (SSSR count). The van der Waals surface area contributed by atoms with Crippen molar-refractivity contribution in [2.24, 2.45) is 4.99 Å². The Kier molecular flexibility index (Phi) is 6.24. The molecule has 0 fully saturated rings. The minimum atomic E-state index is 0.146. The van der Waals surface area contributed by atoms with E-state index in [2.05, 4.69) is 113 Å². The minimum absolute atomic E-state index is 0.146. The van der Waals surface area contributed by atoms with Crippen LogP contribution in [0, 0.1) is 0 Å². The summed E-state index contributed by atoms with van der Waals surface area (Å²) in [5, 5.41) is 0. The van der Waals surface area contributed by atoms with Gasteiger partial charge in [-0.2, -0.15) is 0 Å².